The number of hydrogen-bond acceptors (Lipinski definition) is 8. The van der Waals surface area contributed by atoms with Crippen LogP contribution in [-0.2, 0) is 14.3 Å². The van der Waals surface area contributed by atoms with E-state index in [4.69, 9.17) is 18.9 Å². The molecule has 2 rings (SSSR count). The number of rotatable bonds is 11. The predicted molar refractivity (Wildman–Crippen MR) is 134 cm³/mol. The highest BCUT2D eigenvalue weighted by Crippen LogP contribution is 2.32. The Bertz CT molecular complexity index is 1050. The van der Waals surface area contributed by atoms with E-state index in [1.165, 1.54) is 33.2 Å². The van der Waals surface area contributed by atoms with E-state index in [9.17, 15) is 14.4 Å². The van der Waals surface area contributed by atoms with Crippen LogP contribution in [0.3, 0.4) is 0 Å². The standard InChI is InChI=1S/C27H36N2O7/c1-15(2)23(20-9-11-21(12-10-20)34-16(3)4)18(6)35-27(32)17(5)29-26(31)24-25(36-19(7)30)22(33-8)13-14-28-24/h9-18,23H,1-8H3,(H,29,31)/t17-,18-,23+/m0/s1. The second-order valence-corrected chi connectivity index (χ2v) is 9.13. The van der Waals surface area contributed by atoms with Crippen molar-refractivity contribution in [3.8, 4) is 17.2 Å². The highest BCUT2D eigenvalue weighted by atomic mass is 16.6. The molecule has 0 radical (unpaired) electrons. The highest BCUT2D eigenvalue weighted by molar-refractivity contribution is 5.98. The van der Waals surface area contributed by atoms with Crippen LogP contribution in [0.15, 0.2) is 36.5 Å². The Labute approximate surface area is 212 Å². The minimum absolute atomic E-state index is 0.0689. The molecule has 0 aliphatic carbocycles. The third-order valence-electron chi connectivity index (χ3n) is 5.41. The van der Waals surface area contributed by atoms with Crippen LogP contribution < -0.4 is 19.5 Å². The van der Waals surface area contributed by atoms with Gasteiger partial charge in [0, 0.05) is 25.1 Å². The number of methoxy groups -OCH3 is 1. The molecule has 0 aliphatic rings. The molecule has 1 aromatic heterocycles. The fourth-order valence-corrected chi connectivity index (χ4v) is 3.92. The van der Waals surface area contributed by atoms with Gasteiger partial charge >= 0.3 is 11.9 Å². The summed E-state index contributed by atoms with van der Waals surface area (Å²) in [6.45, 7) is 12.6. The first-order chi connectivity index (χ1) is 16.9. The summed E-state index contributed by atoms with van der Waals surface area (Å²) in [6.07, 6.45) is 0.960. The molecule has 36 heavy (non-hydrogen) atoms. The quantitative estimate of drug-likeness (QED) is 0.455. The average molecular weight is 501 g/mol. The Morgan fingerprint density at radius 3 is 2.11 bits per heavy atom. The molecular formula is C27H36N2O7. The average Bonchev–Trinajstić information content (AvgIpc) is 2.79. The summed E-state index contributed by atoms with van der Waals surface area (Å²) in [6, 6.07) is 8.24. The molecular weight excluding hydrogens is 464 g/mol. The first kappa shape index (κ1) is 28.6. The Morgan fingerprint density at radius 2 is 1.58 bits per heavy atom. The molecule has 196 valence electrons. The highest BCUT2D eigenvalue weighted by Gasteiger charge is 2.29. The fraction of sp³-hybridized carbons (Fsp3) is 0.481. The molecule has 0 aliphatic heterocycles. The van der Waals surface area contributed by atoms with Gasteiger partial charge in [0.25, 0.3) is 5.91 Å². The summed E-state index contributed by atoms with van der Waals surface area (Å²) in [7, 11) is 1.38. The van der Waals surface area contributed by atoms with Gasteiger partial charge in [-0.3, -0.25) is 9.59 Å². The van der Waals surface area contributed by atoms with Crippen LogP contribution in [-0.4, -0.2) is 48.2 Å². The summed E-state index contributed by atoms with van der Waals surface area (Å²) in [5.74, 6) is -1.01. The van der Waals surface area contributed by atoms with Gasteiger partial charge in [-0.05, 0) is 51.3 Å². The first-order valence-electron chi connectivity index (χ1n) is 11.9. The number of pyridine rings is 1. The summed E-state index contributed by atoms with van der Waals surface area (Å²) in [4.78, 5) is 41.2. The maximum atomic E-state index is 12.9. The van der Waals surface area contributed by atoms with E-state index >= 15 is 0 Å². The van der Waals surface area contributed by atoms with Crippen molar-refractivity contribution in [2.75, 3.05) is 7.11 Å². The Hall–Kier alpha value is -3.62. The number of nitrogens with one attached hydrogen (secondary N) is 1. The number of hydrogen-bond donors (Lipinski definition) is 1. The Balaban J connectivity index is 2.12. The van der Waals surface area contributed by atoms with Crippen molar-refractivity contribution in [2.45, 2.75) is 72.6 Å². The zero-order valence-electron chi connectivity index (χ0n) is 22.2. The zero-order valence-corrected chi connectivity index (χ0v) is 22.2. The first-order valence-corrected chi connectivity index (χ1v) is 11.9. The number of benzene rings is 1. The summed E-state index contributed by atoms with van der Waals surface area (Å²) < 4.78 is 21.7. The monoisotopic (exact) mass is 500 g/mol. The van der Waals surface area contributed by atoms with E-state index in [2.05, 4.69) is 24.1 Å². The van der Waals surface area contributed by atoms with Crippen molar-refractivity contribution in [1.29, 1.82) is 0 Å². The number of aromatic nitrogens is 1. The van der Waals surface area contributed by atoms with E-state index < -0.39 is 30.0 Å². The molecule has 3 atom stereocenters. The number of nitrogens with zero attached hydrogens (tertiary/aromatic N) is 1. The third-order valence-corrected chi connectivity index (χ3v) is 5.41. The Morgan fingerprint density at radius 1 is 0.944 bits per heavy atom. The molecule has 0 fully saturated rings. The normalized spacial score (nSPS) is 13.5. The van der Waals surface area contributed by atoms with Crippen LogP contribution in [0.5, 0.6) is 17.2 Å². The molecule has 0 unspecified atom stereocenters. The minimum atomic E-state index is -0.979. The molecule has 0 saturated carbocycles. The van der Waals surface area contributed by atoms with E-state index in [1.807, 2.05) is 45.0 Å². The summed E-state index contributed by atoms with van der Waals surface area (Å²) in [5, 5.41) is 2.56. The lowest BCUT2D eigenvalue weighted by Crippen LogP contribution is -2.42. The molecule has 9 heteroatoms. The Kier molecular flexibility index (Phi) is 10.3. The number of amides is 1. The van der Waals surface area contributed by atoms with Gasteiger partial charge in [0.05, 0.1) is 13.2 Å². The number of esters is 2. The molecule has 1 N–H and O–H groups in total. The van der Waals surface area contributed by atoms with Crippen molar-refractivity contribution in [1.82, 2.24) is 10.3 Å². The van der Waals surface area contributed by atoms with Gasteiger partial charge in [0.1, 0.15) is 17.9 Å². The lowest BCUT2D eigenvalue weighted by atomic mass is 9.84. The lowest BCUT2D eigenvalue weighted by Gasteiger charge is -2.29. The van der Waals surface area contributed by atoms with Crippen LogP contribution >= 0.6 is 0 Å². The van der Waals surface area contributed by atoms with Gasteiger partial charge in [-0.2, -0.15) is 0 Å². The van der Waals surface area contributed by atoms with Gasteiger partial charge in [-0.15, -0.1) is 0 Å². The lowest BCUT2D eigenvalue weighted by molar-refractivity contribution is -0.151. The van der Waals surface area contributed by atoms with Crippen molar-refractivity contribution in [3.05, 3.63) is 47.8 Å². The van der Waals surface area contributed by atoms with Crippen LogP contribution in [0.2, 0.25) is 0 Å². The smallest absolute Gasteiger partial charge is 0.328 e. The van der Waals surface area contributed by atoms with Crippen molar-refractivity contribution >= 4 is 17.8 Å². The molecule has 1 amide bonds. The van der Waals surface area contributed by atoms with E-state index in [0.29, 0.717) is 0 Å². The maximum absolute atomic E-state index is 12.9. The fourth-order valence-electron chi connectivity index (χ4n) is 3.92. The largest absolute Gasteiger partial charge is 0.493 e. The molecule has 9 nitrogen and oxygen atoms in total. The minimum Gasteiger partial charge on any atom is -0.493 e. The summed E-state index contributed by atoms with van der Waals surface area (Å²) >= 11 is 0. The molecule has 1 aromatic carbocycles. The van der Waals surface area contributed by atoms with Crippen LogP contribution in [0.25, 0.3) is 0 Å². The maximum Gasteiger partial charge on any atom is 0.328 e. The third kappa shape index (κ3) is 7.69. The van der Waals surface area contributed by atoms with Gasteiger partial charge in [-0.25, -0.2) is 9.78 Å². The summed E-state index contributed by atoms with van der Waals surface area (Å²) in [5.41, 5.74) is 0.839. The van der Waals surface area contributed by atoms with E-state index in [-0.39, 0.29) is 35.1 Å². The zero-order chi connectivity index (χ0) is 27.0. The number of carbonyl (C=O) groups is 3. The van der Waals surface area contributed by atoms with Gasteiger partial charge in [-0.1, -0.05) is 26.0 Å². The van der Waals surface area contributed by atoms with Crippen molar-refractivity contribution in [2.24, 2.45) is 5.92 Å². The molecule has 0 bridgehead atoms. The molecule has 2 aromatic rings. The van der Waals surface area contributed by atoms with Crippen LogP contribution in [0.4, 0.5) is 0 Å². The van der Waals surface area contributed by atoms with Gasteiger partial charge < -0.3 is 24.3 Å². The van der Waals surface area contributed by atoms with E-state index in [1.54, 1.807) is 0 Å². The van der Waals surface area contributed by atoms with Crippen LogP contribution in [0, 0.1) is 5.92 Å². The van der Waals surface area contributed by atoms with Gasteiger partial charge in [0.2, 0.25) is 5.75 Å². The van der Waals surface area contributed by atoms with Crippen molar-refractivity contribution in [3.63, 3.8) is 0 Å². The topological polar surface area (TPSA) is 113 Å². The van der Waals surface area contributed by atoms with Gasteiger partial charge in [0.15, 0.2) is 11.4 Å². The van der Waals surface area contributed by atoms with Crippen molar-refractivity contribution < 1.29 is 33.3 Å². The molecule has 0 saturated heterocycles. The molecule has 0 spiro atoms. The second kappa shape index (κ2) is 12.9. The predicted octanol–water partition coefficient (Wildman–Crippen LogP) is 4.29. The van der Waals surface area contributed by atoms with E-state index in [0.717, 1.165) is 11.3 Å². The molecule has 1 heterocycles. The van der Waals surface area contributed by atoms with Crippen LogP contribution in [0.1, 0.15) is 70.4 Å². The second-order valence-electron chi connectivity index (χ2n) is 9.13. The number of carbonyl (C=O) groups excluding carboxylic acids is 3. The SMILES string of the molecule is COc1ccnc(C(=O)N[C@@H](C)C(=O)O[C@@H](C)[C@H](c2ccc(OC(C)C)cc2)C(C)C)c1OC(C)=O. The number of ether oxygens (including phenoxy) is 4.